The minimum absolute atomic E-state index is 0.293. The maximum atomic E-state index is 11.1. The van der Waals surface area contributed by atoms with E-state index in [1.165, 1.54) is 0 Å². The molecule has 1 unspecified atom stereocenters. The van der Waals surface area contributed by atoms with Gasteiger partial charge in [0.1, 0.15) is 5.82 Å². The first-order valence-corrected chi connectivity index (χ1v) is 7.17. The van der Waals surface area contributed by atoms with Crippen LogP contribution in [0.3, 0.4) is 0 Å². The van der Waals surface area contributed by atoms with Crippen molar-refractivity contribution < 1.29 is 9.90 Å². The molecule has 4 heteroatoms. The zero-order valence-electron chi connectivity index (χ0n) is 12.6. The predicted molar refractivity (Wildman–Crippen MR) is 80.2 cm³/mol. The van der Waals surface area contributed by atoms with Crippen LogP contribution in [0.1, 0.15) is 56.2 Å². The van der Waals surface area contributed by atoms with Crippen molar-refractivity contribution >= 4 is 17.0 Å². The Morgan fingerprint density at radius 1 is 1.35 bits per heavy atom. The number of aromatic carboxylic acids is 1. The Labute approximate surface area is 119 Å². The molecule has 108 valence electrons. The second-order valence-corrected chi connectivity index (χ2v) is 5.76. The quantitative estimate of drug-likeness (QED) is 0.899. The molecule has 0 radical (unpaired) electrons. The van der Waals surface area contributed by atoms with Gasteiger partial charge in [0.05, 0.1) is 16.6 Å². The molecule has 2 aromatic rings. The average Bonchev–Trinajstić information content (AvgIpc) is 2.76. The summed E-state index contributed by atoms with van der Waals surface area (Å²) >= 11 is 0. The summed E-state index contributed by atoms with van der Waals surface area (Å²) in [6.07, 6.45) is 1.12. The van der Waals surface area contributed by atoms with Crippen molar-refractivity contribution in [2.24, 2.45) is 5.92 Å². The molecule has 0 fully saturated rings. The van der Waals surface area contributed by atoms with Crippen molar-refractivity contribution in [1.82, 2.24) is 9.55 Å². The van der Waals surface area contributed by atoms with Crippen LogP contribution >= 0.6 is 0 Å². The summed E-state index contributed by atoms with van der Waals surface area (Å²) in [4.78, 5) is 15.7. The lowest BCUT2D eigenvalue weighted by Crippen LogP contribution is -2.11. The Morgan fingerprint density at radius 2 is 2.05 bits per heavy atom. The van der Waals surface area contributed by atoms with Gasteiger partial charge >= 0.3 is 5.97 Å². The van der Waals surface area contributed by atoms with Crippen LogP contribution in [0.25, 0.3) is 11.0 Å². The molecule has 2 rings (SSSR count). The van der Waals surface area contributed by atoms with Crippen LogP contribution in [0.15, 0.2) is 18.2 Å². The summed E-state index contributed by atoms with van der Waals surface area (Å²) in [6.45, 7) is 9.56. The number of benzene rings is 1. The summed E-state index contributed by atoms with van der Waals surface area (Å²) in [5, 5.41) is 9.08. The first-order chi connectivity index (χ1) is 9.43. The number of carboxylic acid groups (broad SMARTS) is 1. The van der Waals surface area contributed by atoms with Crippen molar-refractivity contribution in [3.63, 3.8) is 0 Å². The van der Waals surface area contributed by atoms with Gasteiger partial charge < -0.3 is 9.67 Å². The fourth-order valence-corrected chi connectivity index (χ4v) is 2.35. The van der Waals surface area contributed by atoms with E-state index < -0.39 is 5.97 Å². The van der Waals surface area contributed by atoms with Crippen molar-refractivity contribution in [2.45, 2.75) is 46.6 Å². The second-order valence-electron chi connectivity index (χ2n) is 5.76. The first-order valence-electron chi connectivity index (χ1n) is 7.17. The molecule has 0 aliphatic heterocycles. The van der Waals surface area contributed by atoms with Gasteiger partial charge in [-0.15, -0.1) is 0 Å². The number of rotatable bonds is 5. The van der Waals surface area contributed by atoms with E-state index in [-0.39, 0.29) is 0 Å². The van der Waals surface area contributed by atoms with E-state index in [4.69, 9.17) is 5.11 Å². The molecule has 1 atom stereocenters. The molecule has 20 heavy (non-hydrogen) atoms. The zero-order valence-corrected chi connectivity index (χ0v) is 12.6. The molecule has 0 saturated carbocycles. The van der Waals surface area contributed by atoms with Crippen LogP contribution in [0.2, 0.25) is 0 Å². The fourth-order valence-electron chi connectivity index (χ4n) is 2.35. The standard InChI is InChI=1S/C16H22N2O2/c1-5-11(4)9-18-14-7-6-12(16(19)20)8-13(14)17-15(18)10(2)3/h6-8,10-11H,5,9H2,1-4H3,(H,19,20). The Morgan fingerprint density at radius 3 is 2.60 bits per heavy atom. The van der Waals surface area contributed by atoms with Gasteiger partial charge in [-0.3, -0.25) is 0 Å². The molecule has 0 aliphatic carbocycles. The average molecular weight is 274 g/mol. The normalized spacial score (nSPS) is 13.1. The molecule has 4 nitrogen and oxygen atoms in total. The number of fused-ring (bicyclic) bond motifs is 1. The van der Waals surface area contributed by atoms with E-state index in [0.29, 0.717) is 17.4 Å². The van der Waals surface area contributed by atoms with Crippen LogP contribution in [0, 0.1) is 5.92 Å². The minimum Gasteiger partial charge on any atom is -0.478 e. The van der Waals surface area contributed by atoms with Gasteiger partial charge in [0.2, 0.25) is 0 Å². The van der Waals surface area contributed by atoms with Gasteiger partial charge in [0.15, 0.2) is 0 Å². The monoisotopic (exact) mass is 274 g/mol. The van der Waals surface area contributed by atoms with Crippen molar-refractivity contribution in [1.29, 1.82) is 0 Å². The van der Waals surface area contributed by atoms with Gasteiger partial charge in [-0.25, -0.2) is 9.78 Å². The zero-order chi connectivity index (χ0) is 14.9. The van der Waals surface area contributed by atoms with Crippen molar-refractivity contribution in [2.75, 3.05) is 0 Å². The lowest BCUT2D eigenvalue weighted by atomic mass is 10.1. The van der Waals surface area contributed by atoms with E-state index >= 15 is 0 Å². The molecular weight excluding hydrogens is 252 g/mol. The molecule has 0 bridgehead atoms. The number of hydrogen-bond acceptors (Lipinski definition) is 2. The van der Waals surface area contributed by atoms with Crippen molar-refractivity contribution in [3.8, 4) is 0 Å². The SMILES string of the molecule is CCC(C)Cn1c(C(C)C)nc2cc(C(=O)O)ccc21. The Hall–Kier alpha value is -1.84. The van der Waals surface area contributed by atoms with E-state index in [1.54, 1.807) is 12.1 Å². The summed E-state index contributed by atoms with van der Waals surface area (Å²) in [5.74, 6) is 1.01. The second kappa shape index (κ2) is 5.65. The highest BCUT2D eigenvalue weighted by molar-refractivity contribution is 5.92. The largest absolute Gasteiger partial charge is 0.478 e. The van der Waals surface area contributed by atoms with Crippen LogP contribution in [0.5, 0.6) is 0 Å². The highest BCUT2D eigenvalue weighted by atomic mass is 16.4. The molecule has 1 aromatic heterocycles. The van der Waals surface area contributed by atoms with Crippen LogP contribution in [0.4, 0.5) is 0 Å². The topological polar surface area (TPSA) is 55.1 Å². The van der Waals surface area contributed by atoms with Crippen LogP contribution < -0.4 is 0 Å². The Kier molecular flexibility index (Phi) is 4.12. The van der Waals surface area contributed by atoms with Gasteiger partial charge in [0.25, 0.3) is 0 Å². The Bertz CT molecular complexity index is 629. The predicted octanol–water partition coefficient (Wildman–Crippen LogP) is 3.90. The molecule has 0 amide bonds. The highest BCUT2D eigenvalue weighted by Crippen LogP contribution is 2.24. The van der Waals surface area contributed by atoms with Crippen LogP contribution in [-0.4, -0.2) is 20.6 Å². The summed E-state index contributed by atoms with van der Waals surface area (Å²) in [7, 11) is 0. The smallest absolute Gasteiger partial charge is 0.335 e. The molecule has 0 aliphatic rings. The van der Waals surface area contributed by atoms with Crippen molar-refractivity contribution in [3.05, 3.63) is 29.6 Å². The third-order valence-electron chi connectivity index (χ3n) is 3.73. The molecule has 1 heterocycles. The minimum atomic E-state index is -0.908. The third-order valence-corrected chi connectivity index (χ3v) is 3.73. The van der Waals surface area contributed by atoms with E-state index in [0.717, 1.165) is 29.8 Å². The molecule has 1 aromatic carbocycles. The first kappa shape index (κ1) is 14.6. The summed E-state index contributed by atoms with van der Waals surface area (Å²) in [6, 6.07) is 5.19. The number of hydrogen-bond donors (Lipinski definition) is 1. The molecular formula is C16H22N2O2. The number of carbonyl (C=O) groups is 1. The van der Waals surface area contributed by atoms with Gasteiger partial charge in [0, 0.05) is 12.5 Å². The number of imidazole rings is 1. The Balaban J connectivity index is 2.57. The summed E-state index contributed by atoms with van der Waals surface area (Å²) < 4.78 is 2.24. The number of aromatic nitrogens is 2. The van der Waals surface area contributed by atoms with Crippen LogP contribution in [-0.2, 0) is 6.54 Å². The van der Waals surface area contributed by atoms with E-state index in [1.807, 2.05) is 6.07 Å². The van der Waals surface area contributed by atoms with Gasteiger partial charge in [-0.05, 0) is 24.1 Å². The maximum Gasteiger partial charge on any atom is 0.335 e. The molecule has 0 saturated heterocycles. The van der Waals surface area contributed by atoms with E-state index in [9.17, 15) is 4.79 Å². The molecule has 0 spiro atoms. The fraction of sp³-hybridized carbons (Fsp3) is 0.500. The maximum absolute atomic E-state index is 11.1. The number of carboxylic acids is 1. The van der Waals surface area contributed by atoms with Gasteiger partial charge in [-0.1, -0.05) is 34.1 Å². The number of nitrogens with zero attached hydrogens (tertiary/aromatic N) is 2. The third kappa shape index (κ3) is 2.69. The highest BCUT2D eigenvalue weighted by Gasteiger charge is 2.16. The summed E-state index contributed by atoms with van der Waals surface area (Å²) in [5.41, 5.74) is 2.09. The van der Waals surface area contributed by atoms with E-state index in [2.05, 4.69) is 37.2 Å². The lowest BCUT2D eigenvalue weighted by molar-refractivity contribution is 0.0697. The lowest BCUT2D eigenvalue weighted by Gasteiger charge is -2.15. The van der Waals surface area contributed by atoms with Gasteiger partial charge in [-0.2, -0.15) is 0 Å². The molecule has 1 N–H and O–H groups in total.